The molecule has 2 N–H and O–H groups in total. The first-order chi connectivity index (χ1) is 8.72. The normalized spacial score (nSPS) is 21.4. The monoisotopic (exact) mass is 283 g/mol. The predicted molar refractivity (Wildman–Crippen MR) is 75.2 cm³/mol. The Bertz CT molecular complexity index is 466. The third-order valence-electron chi connectivity index (χ3n) is 2.93. The molecule has 0 bridgehead atoms. The van der Waals surface area contributed by atoms with Gasteiger partial charge >= 0.3 is 0 Å². The van der Waals surface area contributed by atoms with Gasteiger partial charge in [-0.05, 0) is 27.7 Å². The summed E-state index contributed by atoms with van der Waals surface area (Å²) < 4.78 is 5.97. The molecule has 5 nitrogen and oxygen atoms in total. The van der Waals surface area contributed by atoms with E-state index in [0.29, 0.717) is 25.3 Å². The van der Waals surface area contributed by atoms with Crippen LogP contribution in [0.1, 0.15) is 43.2 Å². The average Bonchev–Trinajstić information content (AvgIpc) is 2.72. The van der Waals surface area contributed by atoms with Gasteiger partial charge in [0.15, 0.2) is 0 Å². The number of ether oxygens (including phenoxy) is 1. The van der Waals surface area contributed by atoms with Gasteiger partial charge in [-0.1, -0.05) is 0 Å². The van der Waals surface area contributed by atoms with Crippen molar-refractivity contribution in [2.45, 2.75) is 45.4 Å². The van der Waals surface area contributed by atoms with Crippen LogP contribution in [0.15, 0.2) is 5.38 Å². The molecule has 1 fully saturated rings. The molecule has 0 spiro atoms. The van der Waals surface area contributed by atoms with Crippen molar-refractivity contribution in [1.29, 1.82) is 0 Å². The maximum absolute atomic E-state index is 12.5. The van der Waals surface area contributed by atoms with Crippen molar-refractivity contribution < 1.29 is 9.53 Å². The van der Waals surface area contributed by atoms with Gasteiger partial charge in [0.05, 0.1) is 11.2 Å². The van der Waals surface area contributed by atoms with E-state index in [1.807, 2.05) is 32.6 Å². The number of morpholine rings is 1. The third-order valence-corrected chi connectivity index (χ3v) is 3.80. The number of hydrogen-bond donors (Lipinski definition) is 1. The Labute approximate surface area is 117 Å². The lowest BCUT2D eigenvalue weighted by molar-refractivity contribution is -0.171. The number of thiazole rings is 1. The van der Waals surface area contributed by atoms with E-state index in [4.69, 9.17) is 10.5 Å². The molecule has 1 aromatic heterocycles. The number of amides is 1. The molecule has 1 saturated heterocycles. The molecule has 106 valence electrons. The molecule has 0 aliphatic carbocycles. The van der Waals surface area contributed by atoms with Gasteiger partial charge in [-0.2, -0.15) is 0 Å². The molecule has 0 saturated carbocycles. The molecule has 1 aliphatic heterocycles. The molecule has 19 heavy (non-hydrogen) atoms. The summed E-state index contributed by atoms with van der Waals surface area (Å²) in [5.41, 5.74) is 5.33. The van der Waals surface area contributed by atoms with Gasteiger partial charge in [0.1, 0.15) is 10.7 Å². The lowest BCUT2D eigenvalue weighted by Gasteiger charge is -2.46. The van der Waals surface area contributed by atoms with Gasteiger partial charge in [-0.25, -0.2) is 4.98 Å². The highest BCUT2D eigenvalue weighted by Gasteiger charge is 2.40. The fraction of sp³-hybridized carbons (Fsp3) is 0.692. The SMILES string of the molecule is CC1(C)CN(C(=O)c2csc(CN)n2)CC(C)(C)O1. The van der Waals surface area contributed by atoms with Crippen molar-refractivity contribution in [3.8, 4) is 0 Å². The Morgan fingerprint density at radius 3 is 2.47 bits per heavy atom. The van der Waals surface area contributed by atoms with Crippen molar-refractivity contribution >= 4 is 17.2 Å². The summed E-state index contributed by atoms with van der Waals surface area (Å²) in [6, 6.07) is 0. The summed E-state index contributed by atoms with van der Waals surface area (Å²) >= 11 is 1.43. The Hall–Kier alpha value is -0.980. The first kappa shape index (κ1) is 14.4. The molecular weight excluding hydrogens is 262 g/mol. The average molecular weight is 283 g/mol. The van der Waals surface area contributed by atoms with Crippen LogP contribution < -0.4 is 5.73 Å². The second kappa shape index (κ2) is 4.85. The minimum absolute atomic E-state index is 0.0413. The Morgan fingerprint density at radius 2 is 2.00 bits per heavy atom. The standard InChI is InChI=1S/C13H21N3O2S/c1-12(2)7-16(8-13(3,4)18-12)11(17)9-6-19-10(5-14)15-9/h6H,5,7-8,14H2,1-4H3. The fourth-order valence-corrected chi connectivity index (χ4v) is 3.24. The third kappa shape index (κ3) is 3.32. The molecule has 0 unspecified atom stereocenters. The van der Waals surface area contributed by atoms with Crippen LogP contribution in [-0.2, 0) is 11.3 Å². The van der Waals surface area contributed by atoms with Crippen molar-refractivity contribution in [1.82, 2.24) is 9.88 Å². The number of carbonyl (C=O) groups excluding carboxylic acids is 1. The number of rotatable bonds is 2. The van der Waals surface area contributed by atoms with E-state index in [-0.39, 0.29) is 17.1 Å². The van der Waals surface area contributed by atoms with Crippen LogP contribution in [0.4, 0.5) is 0 Å². The molecular formula is C13H21N3O2S. The van der Waals surface area contributed by atoms with Crippen molar-refractivity contribution in [2.75, 3.05) is 13.1 Å². The van der Waals surface area contributed by atoms with Crippen molar-refractivity contribution in [3.05, 3.63) is 16.1 Å². The zero-order valence-electron chi connectivity index (χ0n) is 11.9. The molecule has 1 aromatic rings. The van der Waals surface area contributed by atoms with Crippen LogP contribution in [0.2, 0.25) is 0 Å². The van der Waals surface area contributed by atoms with Crippen LogP contribution in [0.3, 0.4) is 0 Å². The van der Waals surface area contributed by atoms with Crippen LogP contribution >= 0.6 is 11.3 Å². The molecule has 1 amide bonds. The van der Waals surface area contributed by atoms with E-state index < -0.39 is 0 Å². The Kier molecular flexibility index (Phi) is 3.68. The summed E-state index contributed by atoms with van der Waals surface area (Å²) in [5.74, 6) is -0.0413. The lowest BCUT2D eigenvalue weighted by atomic mass is 9.99. The van der Waals surface area contributed by atoms with E-state index >= 15 is 0 Å². The van der Waals surface area contributed by atoms with Crippen LogP contribution in [0, 0.1) is 0 Å². The number of carbonyl (C=O) groups is 1. The topological polar surface area (TPSA) is 68.5 Å². The molecule has 1 aliphatic rings. The summed E-state index contributed by atoms with van der Waals surface area (Å²) in [6.45, 7) is 9.52. The smallest absolute Gasteiger partial charge is 0.273 e. The zero-order valence-corrected chi connectivity index (χ0v) is 12.7. The van der Waals surface area contributed by atoms with Gasteiger partial charge in [0, 0.05) is 25.0 Å². The van der Waals surface area contributed by atoms with Gasteiger partial charge in [-0.3, -0.25) is 4.79 Å². The molecule has 0 atom stereocenters. The molecule has 2 rings (SSSR count). The number of aromatic nitrogens is 1. The zero-order chi connectivity index (χ0) is 14.3. The second-order valence-corrected chi connectivity index (χ2v) is 7.06. The Morgan fingerprint density at radius 1 is 1.42 bits per heavy atom. The quantitative estimate of drug-likeness (QED) is 0.895. The minimum atomic E-state index is -0.343. The largest absolute Gasteiger partial charge is 0.366 e. The maximum Gasteiger partial charge on any atom is 0.273 e. The Balaban J connectivity index is 2.18. The summed E-state index contributed by atoms with van der Waals surface area (Å²) in [4.78, 5) is 18.6. The number of nitrogens with zero attached hydrogens (tertiary/aromatic N) is 2. The van der Waals surface area contributed by atoms with Crippen molar-refractivity contribution in [2.24, 2.45) is 5.73 Å². The van der Waals surface area contributed by atoms with E-state index in [9.17, 15) is 4.79 Å². The summed E-state index contributed by atoms with van der Waals surface area (Å²) in [5, 5.41) is 2.56. The maximum atomic E-state index is 12.5. The first-order valence-electron chi connectivity index (χ1n) is 6.36. The van der Waals surface area contributed by atoms with E-state index in [0.717, 1.165) is 5.01 Å². The van der Waals surface area contributed by atoms with Crippen LogP contribution in [0.5, 0.6) is 0 Å². The molecule has 6 heteroatoms. The van der Waals surface area contributed by atoms with E-state index in [2.05, 4.69) is 4.98 Å². The van der Waals surface area contributed by atoms with Crippen LogP contribution in [0.25, 0.3) is 0 Å². The number of hydrogen-bond acceptors (Lipinski definition) is 5. The van der Waals surface area contributed by atoms with Crippen molar-refractivity contribution in [3.63, 3.8) is 0 Å². The molecule has 0 aromatic carbocycles. The van der Waals surface area contributed by atoms with Gasteiger partial charge in [-0.15, -0.1) is 11.3 Å². The highest BCUT2D eigenvalue weighted by molar-refractivity contribution is 7.09. The van der Waals surface area contributed by atoms with Crippen LogP contribution in [-0.4, -0.2) is 40.1 Å². The molecule has 0 radical (unpaired) electrons. The van der Waals surface area contributed by atoms with Gasteiger partial charge in [0.25, 0.3) is 5.91 Å². The summed E-state index contributed by atoms with van der Waals surface area (Å²) in [7, 11) is 0. The predicted octanol–water partition coefficient (Wildman–Crippen LogP) is 1.63. The lowest BCUT2D eigenvalue weighted by Crippen LogP contribution is -2.58. The summed E-state index contributed by atoms with van der Waals surface area (Å²) in [6.07, 6.45) is 0. The highest BCUT2D eigenvalue weighted by atomic mass is 32.1. The van der Waals surface area contributed by atoms with E-state index in [1.165, 1.54) is 11.3 Å². The second-order valence-electron chi connectivity index (χ2n) is 6.11. The van der Waals surface area contributed by atoms with Gasteiger partial charge in [0.2, 0.25) is 0 Å². The first-order valence-corrected chi connectivity index (χ1v) is 7.24. The van der Waals surface area contributed by atoms with Gasteiger partial charge < -0.3 is 15.4 Å². The minimum Gasteiger partial charge on any atom is -0.366 e. The number of nitrogens with two attached hydrogens (primary N) is 1. The fourth-order valence-electron chi connectivity index (χ4n) is 2.60. The van der Waals surface area contributed by atoms with E-state index in [1.54, 1.807) is 5.38 Å². The highest BCUT2D eigenvalue weighted by Crippen LogP contribution is 2.29. The molecule has 2 heterocycles.